The second-order valence-corrected chi connectivity index (χ2v) is 6.22. The van der Waals surface area contributed by atoms with E-state index in [1.165, 1.54) is 0 Å². The molecule has 1 heterocycles. The summed E-state index contributed by atoms with van der Waals surface area (Å²) in [4.78, 5) is 0. The Morgan fingerprint density at radius 1 is 0.880 bits per heavy atom. The molecule has 0 radical (unpaired) electrons. The molecular weight excluding hydrogens is 314 g/mol. The van der Waals surface area contributed by atoms with Gasteiger partial charge in [0.05, 0.1) is 6.10 Å². The summed E-state index contributed by atoms with van der Waals surface area (Å²) in [5.74, 6) is 1.68. The molecule has 0 saturated carbocycles. The van der Waals surface area contributed by atoms with E-state index >= 15 is 0 Å². The molecule has 3 rings (SSSR count). The van der Waals surface area contributed by atoms with Crippen molar-refractivity contribution >= 4 is 0 Å². The maximum atomic E-state index is 10.2. The zero-order valence-corrected chi connectivity index (χ0v) is 14.3. The van der Waals surface area contributed by atoms with Crippen LogP contribution in [0.3, 0.4) is 0 Å². The number of furan rings is 1. The van der Waals surface area contributed by atoms with Crippen LogP contribution >= 0.6 is 0 Å². The third kappa shape index (κ3) is 4.57. The normalized spacial score (nSPS) is 13.6. The summed E-state index contributed by atoms with van der Waals surface area (Å²) in [5.41, 5.74) is 2.80. The van der Waals surface area contributed by atoms with E-state index in [9.17, 15) is 10.2 Å². The predicted octanol–water partition coefficient (Wildman–Crippen LogP) is 2.80. The first-order valence-corrected chi connectivity index (χ1v) is 8.55. The third-order valence-electron chi connectivity index (χ3n) is 4.26. The first-order chi connectivity index (χ1) is 12.1. The summed E-state index contributed by atoms with van der Waals surface area (Å²) in [6, 6.07) is 21.3. The second-order valence-electron chi connectivity index (χ2n) is 6.22. The second kappa shape index (κ2) is 8.12. The van der Waals surface area contributed by atoms with Gasteiger partial charge in [-0.25, -0.2) is 0 Å². The van der Waals surface area contributed by atoms with Crippen molar-refractivity contribution in [2.45, 2.75) is 25.7 Å². The number of aliphatic hydroxyl groups is 2. The van der Waals surface area contributed by atoms with Gasteiger partial charge >= 0.3 is 0 Å². The maximum Gasteiger partial charge on any atom is 0.158 e. The highest BCUT2D eigenvalue weighted by Gasteiger charge is 2.11. The number of aliphatic hydroxyl groups excluding tert-OH is 2. The van der Waals surface area contributed by atoms with Crippen molar-refractivity contribution in [3.8, 4) is 11.3 Å². The van der Waals surface area contributed by atoms with Gasteiger partial charge in [-0.1, -0.05) is 54.6 Å². The molecule has 0 aliphatic rings. The minimum atomic E-state index is -0.483. The van der Waals surface area contributed by atoms with Gasteiger partial charge in [-0.3, -0.25) is 0 Å². The van der Waals surface area contributed by atoms with Crippen LogP contribution < -0.4 is 5.32 Å². The van der Waals surface area contributed by atoms with Crippen LogP contribution in [-0.4, -0.2) is 16.8 Å². The fraction of sp³-hybridized carbons (Fsp3) is 0.238. The standard InChI is InChI=1S/C21H23NO3/c1-15(23)16-7-9-18(10-8-16)21-12-11-19(25-21)13-22-14-20(24)17-5-3-2-4-6-17/h2-12,15,20,22-24H,13-14H2,1H3/p+1/t15-,20-/m1/s1. The van der Waals surface area contributed by atoms with Gasteiger partial charge in [0.25, 0.3) is 0 Å². The molecule has 3 aromatic rings. The summed E-state index contributed by atoms with van der Waals surface area (Å²) in [5, 5.41) is 21.8. The lowest BCUT2D eigenvalue weighted by molar-refractivity contribution is -0.679. The zero-order chi connectivity index (χ0) is 17.6. The zero-order valence-electron chi connectivity index (χ0n) is 14.3. The Hall–Kier alpha value is -2.40. The molecule has 0 fully saturated rings. The van der Waals surface area contributed by atoms with E-state index in [0.29, 0.717) is 13.1 Å². The van der Waals surface area contributed by atoms with Crippen molar-refractivity contribution in [3.05, 3.63) is 83.6 Å². The van der Waals surface area contributed by atoms with Crippen LogP contribution in [0.25, 0.3) is 11.3 Å². The van der Waals surface area contributed by atoms with Gasteiger partial charge in [-0.15, -0.1) is 0 Å². The lowest BCUT2D eigenvalue weighted by Gasteiger charge is -2.08. The average molecular weight is 338 g/mol. The molecule has 25 heavy (non-hydrogen) atoms. The van der Waals surface area contributed by atoms with Crippen molar-refractivity contribution in [2.75, 3.05) is 6.54 Å². The van der Waals surface area contributed by atoms with Crippen molar-refractivity contribution < 1.29 is 19.9 Å². The molecule has 4 nitrogen and oxygen atoms in total. The van der Waals surface area contributed by atoms with Crippen LogP contribution in [0.4, 0.5) is 0 Å². The van der Waals surface area contributed by atoms with Crippen molar-refractivity contribution in [1.82, 2.24) is 0 Å². The van der Waals surface area contributed by atoms with Crippen molar-refractivity contribution in [1.29, 1.82) is 0 Å². The maximum absolute atomic E-state index is 10.2. The van der Waals surface area contributed by atoms with E-state index in [1.54, 1.807) is 6.92 Å². The monoisotopic (exact) mass is 338 g/mol. The molecule has 4 N–H and O–H groups in total. The first kappa shape index (κ1) is 17.4. The van der Waals surface area contributed by atoms with Crippen LogP contribution in [0, 0.1) is 0 Å². The number of quaternary nitrogens is 1. The fourth-order valence-corrected chi connectivity index (χ4v) is 2.76. The fourth-order valence-electron chi connectivity index (χ4n) is 2.76. The molecule has 2 aromatic carbocycles. The van der Waals surface area contributed by atoms with Gasteiger partial charge in [0.2, 0.25) is 0 Å². The molecule has 0 spiro atoms. The van der Waals surface area contributed by atoms with Gasteiger partial charge in [-0.2, -0.15) is 0 Å². The van der Waals surface area contributed by atoms with Gasteiger partial charge in [0.1, 0.15) is 25.0 Å². The van der Waals surface area contributed by atoms with Crippen LogP contribution in [0.15, 0.2) is 71.1 Å². The van der Waals surface area contributed by atoms with E-state index in [1.807, 2.05) is 72.0 Å². The van der Waals surface area contributed by atoms with E-state index in [-0.39, 0.29) is 0 Å². The predicted molar refractivity (Wildman–Crippen MR) is 96.7 cm³/mol. The Labute approximate surface area is 147 Å². The first-order valence-electron chi connectivity index (χ1n) is 8.55. The smallest absolute Gasteiger partial charge is 0.158 e. The Balaban J connectivity index is 1.55. The molecular formula is C21H24NO3+. The van der Waals surface area contributed by atoms with Gasteiger partial charge < -0.3 is 19.9 Å². The molecule has 0 aliphatic heterocycles. The summed E-state index contributed by atoms with van der Waals surface area (Å²) < 4.78 is 5.88. The molecule has 4 heteroatoms. The lowest BCUT2D eigenvalue weighted by Crippen LogP contribution is -2.83. The summed E-state index contributed by atoms with van der Waals surface area (Å²) >= 11 is 0. The van der Waals surface area contributed by atoms with Crippen molar-refractivity contribution in [3.63, 3.8) is 0 Å². The Morgan fingerprint density at radius 2 is 1.60 bits per heavy atom. The molecule has 2 atom stereocenters. The number of hydrogen-bond acceptors (Lipinski definition) is 3. The SMILES string of the molecule is C[C@@H](O)c1ccc(-c2ccc(C[NH2+]C[C@@H](O)c3ccccc3)o2)cc1. The van der Waals surface area contributed by atoms with E-state index in [0.717, 1.165) is 28.2 Å². The van der Waals surface area contributed by atoms with Gasteiger partial charge in [0.15, 0.2) is 5.76 Å². The highest BCUT2D eigenvalue weighted by atomic mass is 16.3. The van der Waals surface area contributed by atoms with Gasteiger partial charge in [0, 0.05) is 5.56 Å². The minimum absolute atomic E-state index is 0.466. The van der Waals surface area contributed by atoms with Crippen LogP contribution in [-0.2, 0) is 6.54 Å². The third-order valence-corrected chi connectivity index (χ3v) is 4.26. The molecule has 0 unspecified atom stereocenters. The topological polar surface area (TPSA) is 70.2 Å². The van der Waals surface area contributed by atoms with Crippen LogP contribution in [0.1, 0.15) is 36.0 Å². The van der Waals surface area contributed by atoms with Gasteiger partial charge in [-0.05, 0) is 30.2 Å². The number of hydrogen-bond donors (Lipinski definition) is 3. The highest BCUT2D eigenvalue weighted by molar-refractivity contribution is 5.58. The summed E-state index contributed by atoms with van der Waals surface area (Å²) in [7, 11) is 0. The Morgan fingerprint density at radius 3 is 2.28 bits per heavy atom. The molecule has 0 saturated heterocycles. The van der Waals surface area contributed by atoms with E-state index < -0.39 is 12.2 Å². The molecule has 0 amide bonds. The van der Waals surface area contributed by atoms with Crippen LogP contribution in [0.2, 0.25) is 0 Å². The summed E-state index contributed by atoms with van der Waals surface area (Å²) in [6.45, 7) is 3.01. The number of benzene rings is 2. The number of rotatable bonds is 7. The molecule has 1 aromatic heterocycles. The largest absolute Gasteiger partial charge is 0.455 e. The molecule has 0 aliphatic carbocycles. The quantitative estimate of drug-likeness (QED) is 0.620. The highest BCUT2D eigenvalue weighted by Crippen LogP contribution is 2.24. The Kier molecular flexibility index (Phi) is 5.66. The summed E-state index contributed by atoms with van der Waals surface area (Å²) in [6.07, 6.45) is -0.949. The molecule has 0 bridgehead atoms. The van der Waals surface area contributed by atoms with Crippen molar-refractivity contribution in [2.24, 2.45) is 0 Å². The number of nitrogens with two attached hydrogens (primary N) is 1. The Bertz CT molecular complexity index is 778. The lowest BCUT2D eigenvalue weighted by atomic mass is 10.1. The van der Waals surface area contributed by atoms with Crippen LogP contribution in [0.5, 0.6) is 0 Å². The van der Waals surface area contributed by atoms with E-state index in [2.05, 4.69) is 0 Å². The average Bonchev–Trinajstić information content (AvgIpc) is 3.11. The molecule has 130 valence electrons. The van der Waals surface area contributed by atoms with E-state index in [4.69, 9.17) is 4.42 Å². The minimum Gasteiger partial charge on any atom is -0.455 e.